The van der Waals surface area contributed by atoms with Crippen molar-refractivity contribution >= 4 is 34.6 Å². The number of carbonyl (C=O) groups excluding carboxylic acids is 3. The molecule has 11 heteroatoms. The molecule has 216 valence electrons. The minimum Gasteiger partial charge on any atom is -0.481 e. The molecule has 0 saturated heterocycles. The summed E-state index contributed by atoms with van der Waals surface area (Å²) in [5.74, 6) is -6.76. The van der Waals surface area contributed by atoms with Gasteiger partial charge in [0.25, 0.3) is 0 Å². The van der Waals surface area contributed by atoms with E-state index >= 15 is 8.78 Å². The van der Waals surface area contributed by atoms with E-state index in [0.717, 1.165) is 12.2 Å². The minimum absolute atomic E-state index is 0.0736. The lowest BCUT2D eigenvalue weighted by Gasteiger charge is -2.64. The van der Waals surface area contributed by atoms with Gasteiger partial charge in [-0.2, -0.15) is 0 Å². The third-order valence-corrected chi connectivity index (χ3v) is 11.0. The fraction of sp³-hybridized carbons (Fsp3) is 0.714. The summed E-state index contributed by atoms with van der Waals surface area (Å²) in [5.41, 5.74) is -8.17. The third-order valence-electron chi connectivity index (χ3n) is 10.3. The molecule has 10 atom stereocenters. The van der Waals surface area contributed by atoms with Crippen molar-refractivity contribution in [1.82, 2.24) is 0 Å². The van der Waals surface area contributed by atoms with E-state index in [1.54, 1.807) is 13.8 Å². The number of aliphatic hydroxyl groups excluding tert-OH is 1. The topological polar surface area (TPSA) is 118 Å². The van der Waals surface area contributed by atoms with Gasteiger partial charge in [-0.15, -0.1) is 0 Å². The van der Waals surface area contributed by atoms with Gasteiger partial charge >= 0.3 is 11.9 Å². The van der Waals surface area contributed by atoms with Gasteiger partial charge < -0.3 is 14.9 Å². The highest BCUT2D eigenvalue weighted by atomic mass is 32.2. The Morgan fingerprint density at radius 1 is 1.21 bits per heavy atom. The second-order valence-corrected chi connectivity index (χ2v) is 12.7. The number of fused-ring (bicyclic) bond motifs is 5. The quantitative estimate of drug-likeness (QED) is 0.446. The Hall–Kier alpha value is -2.14. The fourth-order valence-corrected chi connectivity index (χ4v) is 9.27. The Kier molecular flexibility index (Phi) is 7.46. The number of halogens is 3. The van der Waals surface area contributed by atoms with Crippen LogP contribution in [0.1, 0.15) is 60.3 Å². The van der Waals surface area contributed by atoms with E-state index in [2.05, 4.69) is 0 Å². The number of rotatable bonds is 6. The second kappa shape index (κ2) is 9.75. The van der Waals surface area contributed by atoms with Gasteiger partial charge in [0, 0.05) is 23.7 Å². The van der Waals surface area contributed by atoms with Crippen LogP contribution in [0.2, 0.25) is 0 Å². The average Bonchev–Trinajstić information content (AvgIpc) is 3.08. The molecular weight excluding hydrogens is 537 g/mol. The van der Waals surface area contributed by atoms with Crippen molar-refractivity contribution in [2.24, 2.45) is 34.5 Å². The Bertz CT molecular complexity index is 1170. The first-order valence-electron chi connectivity index (χ1n) is 13.2. The maximum atomic E-state index is 17.9. The molecule has 0 heterocycles. The lowest BCUT2D eigenvalue weighted by atomic mass is 9.42. The molecule has 4 aliphatic rings. The van der Waals surface area contributed by atoms with E-state index < -0.39 is 93.3 Å². The van der Waals surface area contributed by atoms with E-state index in [-0.39, 0.29) is 30.4 Å². The van der Waals surface area contributed by atoms with Crippen LogP contribution < -0.4 is 0 Å². The van der Waals surface area contributed by atoms with Crippen molar-refractivity contribution in [2.75, 3.05) is 6.01 Å². The zero-order valence-electron chi connectivity index (χ0n) is 22.6. The van der Waals surface area contributed by atoms with Crippen molar-refractivity contribution in [1.29, 1.82) is 0 Å². The summed E-state index contributed by atoms with van der Waals surface area (Å²) in [6.07, 6.45) is -2.42. The van der Waals surface area contributed by atoms with Crippen molar-refractivity contribution in [3.8, 4) is 0 Å². The maximum Gasteiger partial charge on any atom is 0.310 e. The number of esters is 1. The Morgan fingerprint density at radius 2 is 1.85 bits per heavy atom. The van der Waals surface area contributed by atoms with E-state index in [1.165, 1.54) is 20.8 Å². The van der Waals surface area contributed by atoms with Crippen molar-refractivity contribution in [3.05, 3.63) is 23.3 Å². The highest BCUT2D eigenvalue weighted by Gasteiger charge is 2.79. The number of aliphatic carboxylic acids is 1. The number of ketones is 1. The number of aliphatic hydroxyl groups is 1. The molecule has 7 nitrogen and oxygen atoms in total. The predicted octanol–water partition coefficient (Wildman–Crippen LogP) is 4.52. The first-order valence-corrected chi connectivity index (χ1v) is 14.2. The SMILES string of the molecule is CCC(=O)O[C@]1(C(=O)SCF)[C@H](C)C[C@H]2C3C[C@H](F)C4=CC(=O)C=C(C(C)C(=O)O)[C@]4(C)[C@@]3(F)[C@@H](O)C[C@@]21C. The van der Waals surface area contributed by atoms with Gasteiger partial charge in [0.05, 0.1) is 17.4 Å². The summed E-state index contributed by atoms with van der Waals surface area (Å²) in [6, 6.07) is -1.08. The molecule has 0 bridgehead atoms. The Labute approximate surface area is 229 Å². The predicted molar refractivity (Wildman–Crippen MR) is 137 cm³/mol. The van der Waals surface area contributed by atoms with E-state index in [1.807, 2.05) is 0 Å². The van der Waals surface area contributed by atoms with Crippen molar-refractivity contribution in [3.63, 3.8) is 0 Å². The Morgan fingerprint density at radius 3 is 2.41 bits per heavy atom. The summed E-state index contributed by atoms with van der Waals surface area (Å²) >= 11 is 0.340. The highest BCUT2D eigenvalue weighted by Crippen LogP contribution is 2.73. The van der Waals surface area contributed by atoms with Crippen molar-refractivity contribution in [2.45, 2.75) is 83.8 Å². The molecule has 4 rings (SSSR count). The van der Waals surface area contributed by atoms with Gasteiger partial charge in [0.2, 0.25) is 5.12 Å². The number of hydrogen-bond acceptors (Lipinski definition) is 7. The lowest BCUT2D eigenvalue weighted by molar-refractivity contribution is -0.230. The summed E-state index contributed by atoms with van der Waals surface area (Å²) in [7, 11) is 0. The van der Waals surface area contributed by atoms with Crippen LogP contribution in [-0.2, 0) is 23.9 Å². The molecule has 4 aliphatic carbocycles. The molecule has 0 amide bonds. The van der Waals surface area contributed by atoms with Crippen LogP contribution in [0.5, 0.6) is 0 Å². The second-order valence-electron chi connectivity index (χ2n) is 11.8. The largest absolute Gasteiger partial charge is 0.481 e. The van der Waals surface area contributed by atoms with Crippen LogP contribution in [0.4, 0.5) is 13.2 Å². The van der Waals surface area contributed by atoms with E-state index in [4.69, 9.17) is 4.74 Å². The molecule has 3 fully saturated rings. The van der Waals surface area contributed by atoms with Gasteiger partial charge in [-0.25, -0.2) is 13.2 Å². The van der Waals surface area contributed by atoms with Crippen LogP contribution >= 0.6 is 11.8 Å². The van der Waals surface area contributed by atoms with E-state index in [0.29, 0.717) is 11.8 Å². The molecular formula is C28H35F3O7S. The number of ether oxygens (including phenoxy) is 1. The number of hydrogen-bond donors (Lipinski definition) is 2. The monoisotopic (exact) mass is 572 g/mol. The average molecular weight is 573 g/mol. The zero-order valence-corrected chi connectivity index (χ0v) is 23.4. The maximum absolute atomic E-state index is 17.9. The molecule has 0 aromatic heterocycles. The van der Waals surface area contributed by atoms with Gasteiger partial charge in [-0.3, -0.25) is 19.2 Å². The van der Waals surface area contributed by atoms with E-state index in [9.17, 15) is 33.8 Å². The summed E-state index contributed by atoms with van der Waals surface area (Å²) in [5, 5.41) is 20.7. The molecule has 3 saturated carbocycles. The Balaban J connectivity index is 1.93. The molecule has 0 aromatic carbocycles. The summed E-state index contributed by atoms with van der Waals surface area (Å²) in [6.45, 7) is 7.42. The number of carboxylic acid groups (broad SMARTS) is 1. The highest BCUT2D eigenvalue weighted by molar-refractivity contribution is 8.13. The number of alkyl halides is 3. The number of carbonyl (C=O) groups is 4. The number of allylic oxidation sites excluding steroid dienone is 3. The molecule has 0 aromatic rings. The smallest absolute Gasteiger partial charge is 0.310 e. The molecule has 0 aliphatic heterocycles. The normalized spacial score (nSPS) is 43.8. The van der Waals surface area contributed by atoms with Crippen LogP contribution in [-0.4, -0.2) is 62.6 Å². The molecule has 2 N–H and O–H groups in total. The van der Waals surface area contributed by atoms with Gasteiger partial charge in [-0.05, 0) is 74.1 Å². The van der Waals surface area contributed by atoms with Crippen LogP contribution in [0.25, 0.3) is 0 Å². The number of carboxylic acids is 1. The van der Waals surface area contributed by atoms with Gasteiger partial charge in [-0.1, -0.05) is 20.8 Å². The molecule has 0 radical (unpaired) electrons. The third kappa shape index (κ3) is 3.74. The molecule has 2 unspecified atom stereocenters. The van der Waals surface area contributed by atoms with Crippen molar-refractivity contribution < 1.29 is 47.3 Å². The first-order chi connectivity index (χ1) is 18.1. The number of thioether (sulfide) groups is 1. The van der Waals surface area contributed by atoms with Gasteiger partial charge in [0.15, 0.2) is 17.1 Å². The standard InChI is InChI=1S/C28H35F3O7S/c1-6-22(34)38-28(24(37)39-12-29)13(2)7-17-18-10-20(30)19-9-15(32)8-16(14(3)23(35)36)26(19,5)27(18,31)21(33)11-25(17,28)4/h8-9,13-14,17-18,20-21,33H,6-7,10-12H2,1-5H3,(H,35,36)/t13-,14?,17+,18?,20+,21+,25+,26+,27+,28+/m1/s1. The van der Waals surface area contributed by atoms with Crippen LogP contribution in [0.15, 0.2) is 23.3 Å². The zero-order chi connectivity index (χ0) is 29.3. The summed E-state index contributed by atoms with van der Waals surface area (Å²) < 4.78 is 53.2. The van der Waals surface area contributed by atoms with Crippen LogP contribution in [0, 0.1) is 34.5 Å². The summed E-state index contributed by atoms with van der Waals surface area (Å²) in [4.78, 5) is 50.6. The fourth-order valence-electron chi connectivity index (χ4n) is 8.48. The van der Waals surface area contributed by atoms with Crippen LogP contribution in [0.3, 0.4) is 0 Å². The lowest BCUT2D eigenvalue weighted by Crippen LogP contribution is -2.71. The molecule has 0 spiro atoms. The molecule has 39 heavy (non-hydrogen) atoms. The minimum atomic E-state index is -2.61. The first kappa shape index (κ1) is 29.8. The van der Waals surface area contributed by atoms with Gasteiger partial charge in [0.1, 0.15) is 12.2 Å².